The Morgan fingerprint density at radius 3 is 2.48 bits per heavy atom. The molecule has 4 nitrogen and oxygen atoms in total. The molecule has 1 fully saturated rings. The Morgan fingerprint density at radius 1 is 1.24 bits per heavy atom. The van der Waals surface area contributed by atoms with E-state index >= 15 is 0 Å². The van der Waals surface area contributed by atoms with E-state index in [9.17, 15) is 14.7 Å². The summed E-state index contributed by atoms with van der Waals surface area (Å²) in [5.41, 5.74) is 0.843. The summed E-state index contributed by atoms with van der Waals surface area (Å²) in [7, 11) is 0. The van der Waals surface area contributed by atoms with Crippen molar-refractivity contribution in [3.63, 3.8) is 0 Å². The number of hydrogen-bond acceptors (Lipinski definition) is 2. The van der Waals surface area contributed by atoms with Crippen LogP contribution in [0.5, 0.6) is 0 Å². The van der Waals surface area contributed by atoms with Crippen molar-refractivity contribution < 1.29 is 14.7 Å². The van der Waals surface area contributed by atoms with Crippen LogP contribution in [-0.2, 0) is 9.59 Å². The third-order valence-corrected chi connectivity index (χ3v) is 4.49. The van der Waals surface area contributed by atoms with E-state index in [1.807, 2.05) is 25.1 Å². The zero-order valence-electron chi connectivity index (χ0n) is 12.0. The van der Waals surface area contributed by atoms with Gasteiger partial charge in [-0.2, -0.15) is 0 Å². The number of carboxylic acid groups (broad SMARTS) is 1. The summed E-state index contributed by atoms with van der Waals surface area (Å²) >= 11 is 6.12. The van der Waals surface area contributed by atoms with Gasteiger partial charge in [-0.3, -0.25) is 9.59 Å². The number of amides is 1. The van der Waals surface area contributed by atoms with E-state index in [0.29, 0.717) is 17.9 Å². The van der Waals surface area contributed by atoms with Crippen LogP contribution in [0, 0.1) is 11.8 Å². The lowest BCUT2D eigenvalue weighted by Crippen LogP contribution is -2.40. The van der Waals surface area contributed by atoms with Gasteiger partial charge >= 0.3 is 5.97 Å². The number of hydrogen-bond donors (Lipinski definition) is 2. The van der Waals surface area contributed by atoms with Crippen LogP contribution >= 0.6 is 11.6 Å². The molecule has 0 saturated heterocycles. The average Bonchev–Trinajstić information content (AvgIpc) is 2.47. The van der Waals surface area contributed by atoms with Crippen molar-refractivity contribution in [3.8, 4) is 0 Å². The molecular formula is C16H20ClNO3. The molecule has 114 valence electrons. The quantitative estimate of drug-likeness (QED) is 0.895. The maximum atomic E-state index is 12.4. The fourth-order valence-electron chi connectivity index (χ4n) is 2.96. The SMILES string of the molecule is CC(NC(=O)C1CCCCC1C(=O)O)c1ccccc1Cl. The molecule has 0 heterocycles. The summed E-state index contributed by atoms with van der Waals surface area (Å²) in [6.45, 7) is 1.86. The zero-order valence-corrected chi connectivity index (χ0v) is 12.8. The second kappa shape index (κ2) is 6.94. The van der Waals surface area contributed by atoms with Crippen LogP contribution in [0.1, 0.15) is 44.2 Å². The van der Waals surface area contributed by atoms with Crippen LogP contribution in [0.4, 0.5) is 0 Å². The number of nitrogens with one attached hydrogen (secondary N) is 1. The van der Waals surface area contributed by atoms with Gasteiger partial charge in [-0.15, -0.1) is 0 Å². The average molecular weight is 310 g/mol. The molecule has 1 aliphatic carbocycles. The van der Waals surface area contributed by atoms with Gasteiger partial charge in [-0.25, -0.2) is 0 Å². The van der Waals surface area contributed by atoms with E-state index in [-0.39, 0.29) is 11.9 Å². The van der Waals surface area contributed by atoms with Gasteiger partial charge in [0.05, 0.1) is 17.9 Å². The molecule has 2 N–H and O–H groups in total. The molecule has 1 aromatic rings. The second-order valence-corrected chi connectivity index (χ2v) is 5.99. The highest BCUT2D eigenvalue weighted by molar-refractivity contribution is 6.31. The van der Waals surface area contributed by atoms with Crippen LogP contribution < -0.4 is 5.32 Å². The highest BCUT2D eigenvalue weighted by Crippen LogP contribution is 2.31. The first-order chi connectivity index (χ1) is 10.0. The molecule has 1 aromatic carbocycles. The Hall–Kier alpha value is -1.55. The van der Waals surface area contributed by atoms with Crippen molar-refractivity contribution in [2.45, 2.75) is 38.6 Å². The number of carbonyl (C=O) groups is 2. The van der Waals surface area contributed by atoms with E-state index in [4.69, 9.17) is 11.6 Å². The summed E-state index contributed by atoms with van der Waals surface area (Å²) in [6, 6.07) is 7.11. The Balaban J connectivity index is 2.06. The summed E-state index contributed by atoms with van der Waals surface area (Å²) < 4.78 is 0. The van der Waals surface area contributed by atoms with Gasteiger partial charge in [0.2, 0.25) is 5.91 Å². The Morgan fingerprint density at radius 2 is 1.86 bits per heavy atom. The van der Waals surface area contributed by atoms with Crippen LogP contribution in [0.2, 0.25) is 5.02 Å². The molecule has 0 radical (unpaired) electrons. The third-order valence-electron chi connectivity index (χ3n) is 4.15. The number of rotatable bonds is 4. The Kier molecular flexibility index (Phi) is 5.23. The van der Waals surface area contributed by atoms with Crippen molar-refractivity contribution >= 4 is 23.5 Å². The van der Waals surface area contributed by atoms with Crippen molar-refractivity contribution in [1.29, 1.82) is 0 Å². The van der Waals surface area contributed by atoms with Gasteiger partial charge in [0.15, 0.2) is 0 Å². The van der Waals surface area contributed by atoms with Crippen molar-refractivity contribution in [3.05, 3.63) is 34.9 Å². The maximum Gasteiger partial charge on any atom is 0.307 e. The number of carbonyl (C=O) groups excluding carboxylic acids is 1. The van der Waals surface area contributed by atoms with Crippen molar-refractivity contribution in [2.75, 3.05) is 0 Å². The molecule has 0 aliphatic heterocycles. The van der Waals surface area contributed by atoms with Gasteiger partial charge in [0.1, 0.15) is 0 Å². The largest absolute Gasteiger partial charge is 0.481 e. The summed E-state index contributed by atoms with van der Waals surface area (Å²) in [5, 5.41) is 12.8. The Bertz CT molecular complexity index is 532. The van der Waals surface area contributed by atoms with Crippen LogP contribution in [-0.4, -0.2) is 17.0 Å². The molecule has 1 aliphatic rings. The highest BCUT2D eigenvalue weighted by Gasteiger charge is 2.36. The van der Waals surface area contributed by atoms with Gasteiger partial charge in [0, 0.05) is 5.02 Å². The molecule has 5 heteroatoms. The van der Waals surface area contributed by atoms with Gasteiger partial charge < -0.3 is 10.4 Å². The Labute approximate surface area is 129 Å². The van der Waals surface area contributed by atoms with E-state index in [2.05, 4.69) is 5.32 Å². The van der Waals surface area contributed by atoms with Crippen molar-refractivity contribution in [1.82, 2.24) is 5.32 Å². The smallest absolute Gasteiger partial charge is 0.307 e. The molecule has 0 aromatic heterocycles. The monoisotopic (exact) mass is 309 g/mol. The third kappa shape index (κ3) is 3.76. The van der Waals surface area contributed by atoms with E-state index in [0.717, 1.165) is 18.4 Å². The van der Waals surface area contributed by atoms with Gasteiger partial charge in [-0.05, 0) is 31.4 Å². The predicted octanol–water partition coefficient (Wildman–Crippen LogP) is 3.41. The molecule has 1 saturated carbocycles. The highest BCUT2D eigenvalue weighted by atomic mass is 35.5. The normalized spacial score (nSPS) is 23.3. The zero-order chi connectivity index (χ0) is 15.4. The molecule has 3 atom stereocenters. The molecule has 21 heavy (non-hydrogen) atoms. The number of aliphatic carboxylic acids is 1. The maximum absolute atomic E-state index is 12.4. The lowest BCUT2D eigenvalue weighted by molar-refractivity contribution is -0.149. The lowest BCUT2D eigenvalue weighted by atomic mass is 9.78. The van der Waals surface area contributed by atoms with Gasteiger partial charge in [0.25, 0.3) is 0 Å². The van der Waals surface area contributed by atoms with E-state index < -0.39 is 17.8 Å². The minimum absolute atomic E-state index is 0.186. The summed E-state index contributed by atoms with van der Waals surface area (Å²) in [5.74, 6) is -2.08. The molecular weight excluding hydrogens is 290 g/mol. The first-order valence-electron chi connectivity index (χ1n) is 7.28. The standard InChI is InChI=1S/C16H20ClNO3/c1-10(11-6-4-5-9-14(11)17)18-15(19)12-7-2-3-8-13(12)16(20)21/h4-6,9-10,12-13H,2-3,7-8H2,1H3,(H,18,19)(H,20,21). The second-order valence-electron chi connectivity index (χ2n) is 5.59. The lowest BCUT2D eigenvalue weighted by Gasteiger charge is -2.29. The van der Waals surface area contributed by atoms with Crippen LogP contribution in [0.15, 0.2) is 24.3 Å². The molecule has 0 spiro atoms. The number of carboxylic acids is 1. The molecule has 0 bridgehead atoms. The fourth-order valence-corrected chi connectivity index (χ4v) is 3.26. The minimum Gasteiger partial charge on any atom is -0.481 e. The predicted molar refractivity (Wildman–Crippen MR) is 81.1 cm³/mol. The first-order valence-corrected chi connectivity index (χ1v) is 7.66. The van der Waals surface area contributed by atoms with Crippen LogP contribution in [0.25, 0.3) is 0 Å². The number of halogens is 1. The van der Waals surface area contributed by atoms with Crippen LogP contribution in [0.3, 0.4) is 0 Å². The summed E-state index contributed by atoms with van der Waals surface area (Å²) in [4.78, 5) is 23.7. The van der Waals surface area contributed by atoms with E-state index in [1.54, 1.807) is 6.07 Å². The van der Waals surface area contributed by atoms with Gasteiger partial charge in [-0.1, -0.05) is 42.6 Å². The molecule has 3 unspecified atom stereocenters. The molecule has 1 amide bonds. The summed E-state index contributed by atoms with van der Waals surface area (Å²) in [6.07, 6.45) is 3.00. The minimum atomic E-state index is -0.875. The number of benzene rings is 1. The first kappa shape index (κ1) is 15.8. The van der Waals surface area contributed by atoms with Crippen molar-refractivity contribution in [2.24, 2.45) is 11.8 Å². The fraction of sp³-hybridized carbons (Fsp3) is 0.500. The topological polar surface area (TPSA) is 66.4 Å². The molecule has 2 rings (SSSR count). The van der Waals surface area contributed by atoms with E-state index in [1.165, 1.54) is 0 Å².